The van der Waals surface area contributed by atoms with Gasteiger partial charge >= 0.3 is 0 Å². The molecule has 0 atom stereocenters. The molecule has 1 fully saturated rings. The summed E-state index contributed by atoms with van der Waals surface area (Å²) in [7, 11) is 0. The molecular formula is C12H19N5O. The van der Waals surface area contributed by atoms with E-state index in [1.54, 1.807) is 0 Å². The van der Waals surface area contributed by atoms with Crippen molar-refractivity contribution in [2.45, 2.75) is 32.1 Å². The van der Waals surface area contributed by atoms with Crippen LogP contribution >= 0.6 is 0 Å². The van der Waals surface area contributed by atoms with E-state index in [-0.39, 0.29) is 11.5 Å². The fourth-order valence-electron chi connectivity index (χ4n) is 2.95. The van der Waals surface area contributed by atoms with Crippen LogP contribution in [0.5, 0.6) is 0 Å². The molecule has 98 valence electrons. The van der Waals surface area contributed by atoms with Gasteiger partial charge in [0.1, 0.15) is 5.69 Å². The summed E-state index contributed by atoms with van der Waals surface area (Å²) in [6, 6.07) is 0. The molecule has 0 unspecified atom stereocenters. The van der Waals surface area contributed by atoms with E-state index in [1.165, 1.54) is 32.1 Å². The van der Waals surface area contributed by atoms with Gasteiger partial charge in [0.15, 0.2) is 5.82 Å². The molecule has 1 aromatic rings. The van der Waals surface area contributed by atoms with Crippen molar-refractivity contribution >= 4 is 17.5 Å². The maximum atomic E-state index is 11.7. The van der Waals surface area contributed by atoms with Gasteiger partial charge in [-0.2, -0.15) is 4.98 Å². The highest BCUT2D eigenvalue weighted by Gasteiger charge is 2.26. The maximum absolute atomic E-state index is 11.7. The first-order valence-corrected chi connectivity index (χ1v) is 6.62. The molecule has 2 aliphatic rings. The molecule has 1 aliphatic carbocycles. The van der Waals surface area contributed by atoms with Gasteiger partial charge < -0.3 is 16.0 Å². The van der Waals surface area contributed by atoms with Crippen LogP contribution in [0.1, 0.15) is 32.1 Å². The van der Waals surface area contributed by atoms with Gasteiger partial charge in [0.25, 0.3) is 5.56 Å². The van der Waals surface area contributed by atoms with Crippen LogP contribution in [0.15, 0.2) is 4.79 Å². The standard InChI is InChI=1S/C12H19N5O/c13-12-15-10-9(11(18)16-12)14-7-17(10)6-8-4-2-1-3-5-8/h8,14H,1-7H2,(H3,13,15,16,18). The van der Waals surface area contributed by atoms with Crippen molar-refractivity contribution in [3.63, 3.8) is 0 Å². The van der Waals surface area contributed by atoms with Crippen LogP contribution in [0.25, 0.3) is 0 Å². The van der Waals surface area contributed by atoms with Gasteiger partial charge in [-0.15, -0.1) is 0 Å². The Bertz CT molecular complexity index is 492. The molecule has 6 nitrogen and oxygen atoms in total. The third kappa shape index (κ3) is 2.02. The summed E-state index contributed by atoms with van der Waals surface area (Å²) >= 11 is 0. The Labute approximate surface area is 106 Å². The molecule has 3 rings (SSSR count). The molecule has 0 radical (unpaired) electrons. The molecule has 0 aromatic carbocycles. The second kappa shape index (κ2) is 4.51. The fraction of sp³-hybridized carbons (Fsp3) is 0.667. The third-order valence-electron chi connectivity index (χ3n) is 3.87. The lowest BCUT2D eigenvalue weighted by atomic mass is 9.89. The smallest absolute Gasteiger partial charge is 0.277 e. The Morgan fingerprint density at radius 1 is 1.33 bits per heavy atom. The Morgan fingerprint density at radius 2 is 2.11 bits per heavy atom. The van der Waals surface area contributed by atoms with Crippen molar-refractivity contribution in [2.75, 3.05) is 29.2 Å². The molecular weight excluding hydrogens is 230 g/mol. The first-order chi connectivity index (χ1) is 8.74. The highest BCUT2D eigenvalue weighted by molar-refractivity contribution is 5.70. The summed E-state index contributed by atoms with van der Waals surface area (Å²) < 4.78 is 0. The Balaban J connectivity index is 1.79. The van der Waals surface area contributed by atoms with Crippen LogP contribution in [0.2, 0.25) is 0 Å². The molecule has 1 aromatic heterocycles. The van der Waals surface area contributed by atoms with E-state index in [4.69, 9.17) is 5.73 Å². The first-order valence-electron chi connectivity index (χ1n) is 6.62. The van der Waals surface area contributed by atoms with E-state index in [0.717, 1.165) is 6.54 Å². The van der Waals surface area contributed by atoms with E-state index in [2.05, 4.69) is 20.2 Å². The molecule has 0 bridgehead atoms. The topological polar surface area (TPSA) is 87.0 Å². The number of nitrogens with two attached hydrogens (primary N) is 1. The Kier molecular flexibility index (Phi) is 2.85. The number of nitrogens with zero attached hydrogens (tertiary/aromatic N) is 2. The van der Waals surface area contributed by atoms with Gasteiger partial charge in [-0.25, -0.2) is 0 Å². The number of hydrogen-bond acceptors (Lipinski definition) is 5. The summed E-state index contributed by atoms with van der Waals surface area (Å²) in [4.78, 5) is 20.6. The lowest BCUT2D eigenvalue weighted by Gasteiger charge is -2.27. The van der Waals surface area contributed by atoms with Crippen molar-refractivity contribution in [3.05, 3.63) is 10.4 Å². The number of hydrogen-bond donors (Lipinski definition) is 3. The third-order valence-corrected chi connectivity index (χ3v) is 3.87. The van der Waals surface area contributed by atoms with Crippen molar-refractivity contribution < 1.29 is 0 Å². The minimum atomic E-state index is -0.177. The van der Waals surface area contributed by atoms with E-state index >= 15 is 0 Å². The summed E-state index contributed by atoms with van der Waals surface area (Å²) in [6.45, 7) is 1.63. The molecule has 6 heteroatoms. The summed E-state index contributed by atoms with van der Waals surface area (Å²) in [5, 5.41) is 3.10. The molecule has 0 saturated heterocycles. The monoisotopic (exact) mass is 249 g/mol. The second-order valence-corrected chi connectivity index (χ2v) is 5.21. The number of aromatic amines is 1. The minimum absolute atomic E-state index is 0.177. The molecule has 0 amide bonds. The van der Waals surface area contributed by atoms with Crippen molar-refractivity contribution in [2.24, 2.45) is 5.92 Å². The van der Waals surface area contributed by atoms with Crippen LogP contribution in [-0.4, -0.2) is 23.2 Å². The predicted octanol–water partition coefficient (Wildman–Crippen LogP) is 1.12. The van der Waals surface area contributed by atoms with Crippen LogP contribution in [0, 0.1) is 5.92 Å². The van der Waals surface area contributed by atoms with Gasteiger partial charge in [0, 0.05) is 6.54 Å². The first kappa shape index (κ1) is 11.4. The quantitative estimate of drug-likeness (QED) is 0.731. The number of rotatable bonds is 2. The second-order valence-electron chi connectivity index (χ2n) is 5.21. The van der Waals surface area contributed by atoms with Crippen LogP contribution in [0.3, 0.4) is 0 Å². The van der Waals surface area contributed by atoms with Gasteiger partial charge in [-0.3, -0.25) is 9.78 Å². The normalized spacial score (nSPS) is 19.7. The number of nitrogen functional groups attached to an aromatic ring is 1. The Hall–Kier alpha value is -1.72. The van der Waals surface area contributed by atoms with Gasteiger partial charge in [-0.05, 0) is 18.8 Å². The average molecular weight is 249 g/mol. The number of anilines is 3. The van der Waals surface area contributed by atoms with Crippen molar-refractivity contribution in [3.8, 4) is 0 Å². The van der Waals surface area contributed by atoms with E-state index in [9.17, 15) is 4.79 Å². The van der Waals surface area contributed by atoms with Crippen LogP contribution in [0.4, 0.5) is 17.5 Å². The van der Waals surface area contributed by atoms with E-state index in [0.29, 0.717) is 24.1 Å². The number of fused-ring (bicyclic) bond motifs is 1. The molecule has 1 saturated carbocycles. The zero-order valence-electron chi connectivity index (χ0n) is 10.4. The van der Waals surface area contributed by atoms with Gasteiger partial charge in [-0.1, -0.05) is 19.3 Å². The highest BCUT2D eigenvalue weighted by Crippen LogP contribution is 2.30. The summed E-state index contributed by atoms with van der Waals surface area (Å²) in [6.07, 6.45) is 6.57. The largest absolute Gasteiger partial charge is 0.369 e. The van der Waals surface area contributed by atoms with E-state index < -0.39 is 0 Å². The number of aromatic nitrogens is 2. The number of H-pyrrole nitrogens is 1. The zero-order chi connectivity index (χ0) is 12.5. The Morgan fingerprint density at radius 3 is 2.89 bits per heavy atom. The SMILES string of the molecule is Nc1nc2c(c(=O)[nH]1)NCN2CC1CCCCC1. The summed E-state index contributed by atoms with van der Waals surface area (Å²) in [5.41, 5.74) is 5.98. The molecule has 1 aliphatic heterocycles. The lowest BCUT2D eigenvalue weighted by Crippen LogP contribution is -2.30. The minimum Gasteiger partial charge on any atom is -0.369 e. The molecule has 18 heavy (non-hydrogen) atoms. The van der Waals surface area contributed by atoms with Gasteiger partial charge in [0.2, 0.25) is 5.95 Å². The van der Waals surface area contributed by atoms with Crippen LogP contribution < -0.4 is 21.5 Å². The summed E-state index contributed by atoms with van der Waals surface area (Å²) in [5.74, 6) is 1.62. The molecule has 4 N–H and O–H groups in total. The average Bonchev–Trinajstić information content (AvgIpc) is 2.74. The zero-order valence-corrected chi connectivity index (χ0v) is 10.4. The highest BCUT2D eigenvalue weighted by atomic mass is 16.1. The predicted molar refractivity (Wildman–Crippen MR) is 71.7 cm³/mol. The molecule has 2 heterocycles. The van der Waals surface area contributed by atoms with Gasteiger partial charge in [0.05, 0.1) is 6.67 Å². The van der Waals surface area contributed by atoms with Crippen molar-refractivity contribution in [1.29, 1.82) is 0 Å². The lowest BCUT2D eigenvalue weighted by molar-refractivity contribution is 0.360. The molecule has 0 spiro atoms. The van der Waals surface area contributed by atoms with Crippen LogP contribution in [-0.2, 0) is 0 Å². The van der Waals surface area contributed by atoms with Crippen molar-refractivity contribution in [1.82, 2.24) is 9.97 Å². The van der Waals surface area contributed by atoms with E-state index in [1.807, 2.05) is 0 Å². The fourth-order valence-corrected chi connectivity index (χ4v) is 2.95. The maximum Gasteiger partial charge on any atom is 0.277 e. The number of nitrogens with one attached hydrogen (secondary N) is 2.